The Morgan fingerprint density at radius 2 is 1.95 bits per heavy atom. The Labute approximate surface area is 123 Å². The highest BCUT2D eigenvalue weighted by Gasteiger charge is 2.25. The minimum atomic E-state index is -3.76. The predicted octanol–water partition coefficient (Wildman–Crippen LogP) is 0.125. The molecule has 20 heavy (non-hydrogen) atoms. The van der Waals surface area contributed by atoms with Crippen LogP contribution in [0.5, 0.6) is 0 Å². The Hall–Kier alpha value is -1.51. The van der Waals surface area contributed by atoms with Gasteiger partial charge in [-0.05, 0) is 24.6 Å². The van der Waals surface area contributed by atoms with Crippen molar-refractivity contribution in [3.8, 4) is 0 Å². The lowest BCUT2D eigenvalue weighted by atomic mass is 10.1. The first-order valence-corrected chi connectivity index (χ1v) is 7.74. The molecule has 0 atom stereocenters. The lowest BCUT2D eigenvalue weighted by molar-refractivity contribution is -0.118. The van der Waals surface area contributed by atoms with Crippen molar-refractivity contribution in [3.05, 3.63) is 29.3 Å². The van der Waals surface area contributed by atoms with Gasteiger partial charge in [0.2, 0.25) is 15.9 Å². The zero-order valence-corrected chi connectivity index (χ0v) is 12.9. The summed E-state index contributed by atoms with van der Waals surface area (Å²) in [6.45, 7) is 3.16. The van der Waals surface area contributed by atoms with Crippen LogP contribution in [0.25, 0.3) is 0 Å². The molecule has 4 N–H and O–H groups in total. The van der Waals surface area contributed by atoms with Crippen molar-refractivity contribution >= 4 is 33.1 Å². The maximum absolute atomic E-state index is 12.4. The molecule has 0 bridgehead atoms. The second-order valence-electron chi connectivity index (χ2n) is 4.24. The maximum atomic E-state index is 12.4. The number of nitrogens with zero attached hydrogens (tertiary/aromatic N) is 1. The summed E-state index contributed by atoms with van der Waals surface area (Å²) in [6.07, 6.45) is 0. The third kappa shape index (κ3) is 3.53. The van der Waals surface area contributed by atoms with Crippen LogP contribution in [0.15, 0.2) is 23.1 Å². The predicted molar refractivity (Wildman–Crippen MR) is 80.7 cm³/mol. The van der Waals surface area contributed by atoms with Gasteiger partial charge in [0.15, 0.2) is 0 Å². The van der Waals surface area contributed by atoms with Gasteiger partial charge >= 0.3 is 0 Å². The van der Waals surface area contributed by atoms with Gasteiger partial charge in [-0.25, -0.2) is 8.42 Å². The number of thiocarbonyl (C=S) groups is 1. The molecular formula is C12H17N3O3S2. The first-order chi connectivity index (χ1) is 9.20. The van der Waals surface area contributed by atoms with Crippen LogP contribution in [0, 0.1) is 6.92 Å². The molecule has 8 heteroatoms. The summed E-state index contributed by atoms with van der Waals surface area (Å²) in [5, 5.41) is 0. The second-order valence-corrected chi connectivity index (χ2v) is 6.62. The van der Waals surface area contributed by atoms with E-state index in [0.29, 0.717) is 11.1 Å². The molecule has 0 spiro atoms. The molecule has 0 aliphatic heterocycles. The number of nitrogens with two attached hydrogens (primary N) is 2. The number of primary amides is 1. The molecule has 110 valence electrons. The van der Waals surface area contributed by atoms with Crippen LogP contribution in [-0.4, -0.2) is 36.7 Å². The van der Waals surface area contributed by atoms with Gasteiger partial charge in [-0.3, -0.25) is 4.79 Å². The largest absolute Gasteiger partial charge is 0.389 e. The summed E-state index contributed by atoms with van der Waals surface area (Å²) < 4.78 is 25.8. The summed E-state index contributed by atoms with van der Waals surface area (Å²) in [7, 11) is -3.76. The first kappa shape index (κ1) is 16.5. The van der Waals surface area contributed by atoms with E-state index in [0.717, 1.165) is 4.31 Å². The highest BCUT2D eigenvalue weighted by atomic mass is 32.2. The fraction of sp³-hybridized carbons (Fsp3) is 0.333. The van der Waals surface area contributed by atoms with Gasteiger partial charge in [-0.1, -0.05) is 25.2 Å². The molecule has 0 unspecified atom stereocenters. The molecule has 0 fully saturated rings. The summed E-state index contributed by atoms with van der Waals surface area (Å²) in [6, 6.07) is 4.45. The van der Waals surface area contributed by atoms with E-state index in [1.807, 2.05) is 0 Å². The lowest BCUT2D eigenvalue weighted by Gasteiger charge is -2.19. The van der Waals surface area contributed by atoms with Gasteiger partial charge in [0, 0.05) is 12.1 Å². The van der Waals surface area contributed by atoms with E-state index >= 15 is 0 Å². The van der Waals surface area contributed by atoms with Crippen molar-refractivity contribution < 1.29 is 13.2 Å². The molecule has 1 amide bonds. The summed E-state index contributed by atoms with van der Waals surface area (Å²) >= 11 is 4.87. The normalized spacial score (nSPS) is 11.6. The van der Waals surface area contributed by atoms with Crippen LogP contribution in [0.2, 0.25) is 0 Å². The van der Waals surface area contributed by atoms with Crippen molar-refractivity contribution in [2.45, 2.75) is 18.7 Å². The quantitative estimate of drug-likeness (QED) is 0.725. The van der Waals surface area contributed by atoms with Gasteiger partial charge in [0.1, 0.15) is 4.99 Å². The van der Waals surface area contributed by atoms with Crippen molar-refractivity contribution in [2.75, 3.05) is 13.1 Å². The molecule has 1 aromatic rings. The number of aryl methyl sites for hydroxylation is 1. The van der Waals surface area contributed by atoms with E-state index in [1.165, 1.54) is 12.1 Å². The fourth-order valence-corrected chi connectivity index (χ4v) is 3.49. The van der Waals surface area contributed by atoms with Crippen LogP contribution in [0.3, 0.4) is 0 Å². The zero-order chi connectivity index (χ0) is 15.5. The Kier molecular flexibility index (Phi) is 5.21. The van der Waals surface area contributed by atoms with Crippen molar-refractivity contribution in [3.63, 3.8) is 0 Å². The van der Waals surface area contributed by atoms with Gasteiger partial charge in [-0.15, -0.1) is 0 Å². The van der Waals surface area contributed by atoms with Gasteiger partial charge in [0.25, 0.3) is 0 Å². The Morgan fingerprint density at radius 3 is 2.35 bits per heavy atom. The minimum Gasteiger partial charge on any atom is -0.389 e. The van der Waals surface area contributed by atoms with Crippen LogP contribution in [0.1, 0.15) is 18.1 Å². The van der Waals surface area contributed by atoms with Crippen LogP contribution in [0.4, 0.5) is 0 Å². The van der Waals surface area contributed by atoms with Crippen LogP contribution >= 0.6 is 12.2 Å². The number of hydrogen-bond acceptors (Lipinski definition) is 4. The second kappa shape index (κ2) is 6.29. The molecule has 0 saturated carbocycles. The molecule has 1 rings (SSSR count). The molecule has 0 aliphatic carbocycles. The van der Waals surface area contributed by atoms with Gasteiger partial charge < -0.3 is 11.5 Å². The third-order valence-corrected chi connectivity index (χ3v) is 4.92. The third-order valence-electron chi connectivity index (χ3n) is 2.79. The Balaban J connectivity index is 3.25. The van der Waals surface area contributed by atoms with Crippen molar-refractivity contribution in [1.82, 2.24) is 4.31 Å². The van der Waals surface area contributed by atoms with E-state index in [-0.39, 0.29) is 23.0 Å². The standard InChI is InChI=1S/C12H17N3O3S2/c1-3-15(7-11(13)16)20(17,18)9-4-5-10(12(14)19)8(2)6-9/h4-6H,3,7H2,1-2H3,(H2,13,16)(H2,14,19). The molecule has 1 aromatic carbocycles. The number of carbonyl (C=O) groups excluding carboxylic acids is 1. The molecule has 0 aromatic heterocycles. The van der Waals surface area contributed by atoms with Crippen LogP contribution in [-0.2, 0) is 14.8 Å². The highest BCUT2D eigenvalue weighted by Crippen LogP contribution is 2.19. The number of carbonyl (C=O) groups is 1. The van der Waals surface area contributed by atoms with E-state index in [9.17, 15) is 13.2 Å². The molecule has 0 heterocycles. The van der Waals surface area contributed by atoms with Crippen molar-refractivity contribution in [2.24, 2.45) is 11.5 Å². The summed E-state index contributed by atoms with van der Waals surface area (Å²) in [4.78, 5) is 11.2. The first-order valence-electron chi connectivity index (χ1n) is 5.89. The van der Waals surface area contributed by atoms with Gasteiger partial charge in [0.05, 0.1) is 11.4 Å². The molecular weight excluding hydrogens is 298 g/mol. The molecule has 0 radical (unpaired) electrons. The smallest absolute Gasteiger partial charge is 0.243 e. The SMILES string of the molecule is CCN(CC(N)=O)S(=O)(=O)c1ccc(C(N)=S)c(C)c1. The average Bonchev–Trinajstić information content (AvgIpc) is 2.34. The zero-order valence-electron chi connectivity index (χ0n) is 11.3. The number of benzene rings is 1. The Morgan fingerprint density at radius 1 is 1.35 bits per heavy atom. The average molecular weight is 315 g/mol. The lowest BCUT2D eigenvalue weighted by Crippen LogP contribution is -2.38. The van der Waals surface area contributed by atoms with E-state index < -0.39 is 15.9 Å². The monoisotopic (exact) mass is 315 g/mol. The molecule has 0 aliphatic rings. The Bertz CT molecular complexity index is 641. The van der Waals surface area contributed by atoms with Crippen LogP contribution < -0.4 is 11.5 Å². The van der Waals surface area contributed by atoms with E-state index in [2.05, 4.69) is 0 Å². The highest BCUT2D eigenvalue weighted by molar-refractivity contribution is 7.89. The number of sulfonamides is 1. The maximum Gasteiger partial charge on any atom is 0.243 e. The van der Waals surface area contributed by atoms with Crippen molar-refractivity contribution in [1.29, 1.82) is 0 Å². The van der Waals surface area contributed by atoms with Gasteiger partial charge in [-0.2, -0.15) is 4.31 Å². The molecule has 0 saturated heterocycles. The number of rotatable bonds is 6. The number of hydrogen-bond donors (Lipinski definition) is 2. The summed E-state index contributed by atoms with van der Waals surface area (Å²) in [5.41, 5.74) is 11.9. The minimum absolute atomic E-state index is 0.0816. The topological polar surface area (TPSA) is 106 Å². The van der Waals surface area contributed by atoms with E-state index in [4.69, 9.17) is 23.7 Å². The number of amides is 1. The molecule has 6 nitrogen and oxygen atoms in total. The fourth-order valence-electron chi connectivity index (χ4n) is 1.76. The summed E-state index contributed by atoms with van der Waals surface area (Å²) in [5.74, 6) is -0.702. The number of likely N-dealkylation sites (N-methyl/N-ethyl adjacent to an activating group) is 1. The van der Waals surface area contributed by atoms with E-state index in [1.54, 1.807) is 19.9 Å².